The molecule has 1 aliphatic rings. The van der Waals surface area contributed by atoms with E-state index >= 15 is 0 Å². The Morgan fingerprint density at radius 3 is 2.62 bits per heavy atom. The van der Waals surface area contributed by atoms with Gasteiger partial charge in [-0.3, -0.25) is 4.79 Å². The van der Waals surface area contributed by atoms with Gasteiger partial charge >= 0.3 is 0 Å². The number of hydrogen-bond donors (Lipinski definition) is 0. The fourth-order valence-electron chi connectivity index (χ4n) is 1.84. The largest absolute Gasteiger partial charge is 0.383 e. The molecule has 0 aliphatic heterocycles. The summed E-state index contributed by atoms with van der Waals surface area (Å²) in [6, 6.07) is 2.24. The first-order chi connectivity index (χ1) is 7.61. The molecule has 0 aromatic heterocycles. The fraction of sp³-hybridized carbons (Fsp3) is 0.833. The second-order valence-corrected chi connectivity index (χ2v) is 4.45. The number of nitrogens with zero attached hydrogens (tertiary/aromatic N) is 2. The third-order valence-electron chi connectivity index (χ3n) is 3.18. The van der Waals surface area contributed by atoms with Crippen molar-refractivity contribution in [3.8, 4) is 6.07 Å². The molecule has 90 valence electrons. The molecular formula is C12H20N2O2. The Labute approximate surface area is 97.2 Å². The normalized spacial score (nSPS) is 18.6. The lowest BCUT2D eigenvalue weighted by atomic mass is 10.1. The van der Waals surface area contributed by atoms with Gasteiger partial charge in [0, 0.05) is 19.7 Å². The van der Waals surface area contributed by atoms with Crippen LogP contribution in [0.25, 0.3) is 0 Å². The van der Waals surface area contributed by atoms with E-state index in [1.54, 1.807) is 18.9 Å². The van der Waals surface area contributed by atoms with Crippen LogP contribution in [0.3, 0.4) is 0 Å². The van der Waals surface area contributed by atoms with E-state index in [2.05, 4.69) is 6.92 Å². The van der Waals surface area contributed by atoms with E-state index in [-0.39, 0.29) is 11.9 Å². The molecule has 1 fully saturated rings. The Balaban J connectivity index is 2.61. The summed E-state index contributed by atoms with van der Waals surface area (Å²) in [4.78, 5) is 13.8. The van der Waals surface area contributed by atoms with Crippen molar-refractivity contribution in [2.75, 3.05) is 20.3 Å². The number of carbonyl (C=O) groups excluding carboxylic acids is 1. The lowest BCUT2D eigenvalue weighted by Gasteiger charge is -2.30. The number of ether oxygens (including phenoxy) is 1. The van der Waals surface area contributed by atoms with Gasteiger partial charge in [0.2, 0.25) is 5.91 Å². The van der Waals surface area contributed by atoms with Gasteiger partial charge in [-0.25, -0.2) is 0 Å². The van der Waals surface area contributed by atoms with Gasteiger partial charge in [0.15, 0.2) is 0 Å². The average Bonchev–Trinajstić information content (AvgIpc) is 3.11. The van der Waals surface area contributed by atoms with Crippen molar-refractivity contribution in [1.29, 1.82) is 5.26 Å². The summed E-state index contributed by atoms with van der Waals surface area (Å²) in [5.41, 5.74) is 0. The maximum absolute atomic E-state index is 12.0. The number of hydrogen-bond acceptors (Lipinski definition) is 3. The molecule has 1 saturated carbocycles. The molecule has 0 N–H and O–H groups in total. The SMILES string of the molecule is COCCN(C(=O)C(C)C#N)C(C)C1CC1. The molecule has 0 bridgehead atoms. The van der Waals surface area contributed by atoms with E-state index in [0.29, 0.717) is 19.1 Å². The van der Waals surface area contributed by atoms with E-state index in [1.807, 2.05) is 6.07 Å². The van der Waals surface area contributed by atoms with Gasteiger partial charge in [-0.15, -0.1) is 0 Å². The number of rotatable bonds is 6. The van der Waals surface area contributed by atoms with Crippen molar-refractivity contribution in [3.05, 3.63) is 0 Å². The summed E-state index contributed by atoms with van der Waals surface area (Å²) in [5, 5.41) is 8.79. The summed E-state index contributed by atoms with van der Waals surface area (Å²) in [5.74, 6) is -0.0105. The maximum Gasteiger partial charge on any atom is 0.239 e. The number of amides is 1. The monoisotopic (exact) mass is 224 g/mol. The van der Waals surface area contributed by atoms with Crippen molar-refractivity contribution < 1.29 is 9.53 Å². The Hall–Kier alpha value is -1.08. The summed E-state index contributed by atoms with van der Waals surface area (Å²) < 4.78 is 5.01. The van der Waals surface area contributed by atoms with Gasteiger partial charge in [-0.2, -0.15) is 5.26 Å². The van der Waals surface area contributed by atoms with Crippen LogP contribution in [-0.2, 0) is 9.53 Å². The van der Waals surface area contributed by atoms with Gasteiger partial charge in [0.1, 0.15) is 5.92 Å². The van der Waals surface area contributed by atoms with Crippen LogP contribution in [-0.4, -0.2) is 37.1 Å². The highest BCUT2D eigenvalue weighted by molar-refractivity contribution is 5.81. The minimum absolute atomic E-state index is 0.0704. The van der Waals surface area contributed by atoms with Gasteiger partial charge in [0.25, 0.3) is 0 Å². The van der Waals surface area contributed by atoms with Crippen molar-refractivity contribution in [3.63, 3.8) is 0 Å². The van der Waals surface area contributed by atoms with E-state index in [9.17, 15) is 4.79 Å². The van der Waals surface area contributed by atoms with Crippen LogP contribution >= 0.6 is 0 Å². The second kappa shape index (κ2) is 5.86. The Kier molecular flexibility index (Phi) is 4.75. The average molecular weight is 224 g/mol. The first kappa shape index (κ1) is 13.0. The molecule has 2 atom stereocenters. The van der Waals surface area contributed by atoms with Gasteiger partial charge in [-0.1, -0.05) is 0 Å². The molecule has 0 aromatic carbocycles. The zero-order valence-corrected chi connectivity index (χ0v) is 10.3. The second-order valence-electron chi connectivity index (χ2n) is 4.45. The van der Waals surface area contributed by atoms with E-state index < -0.39 is 5.92 Å². The molecular weight excluding hydrogens is 204 g/mol. The van der Waals surface area contributed by atoms with E-state index in [0.717, 1.165) is 0 Å². The van der Waals surface area contributed by atoms with Crippen LogP contribution in [0.4, 0.5) is 0 Å². The minimum Gasteiger partial charge on any atom is -0.383 e. The third-order valence-corrected chi connectivity index (χ3v) is 3.18. The quantitative estimate of drug-likeness (QED) is 0.685. The Morgan fingerprint density at radius 1 is 1.56 bits per heavy atom. The van der Waals surface area contributed by atoms with Crippen molar-refractivity contribution in [2.45, 2.75) is 32.7 Å². The lowest BCUT2D eigenvalue weighted by molar-refractivity contribution is -0.136. The van der Waals surface area contributed by atoms with Crippen molar-refractivity contribution >= 4 is 5.91 Å². The van der Waals surface area contributed by atoms with E-state index in [1.165, 1.54) is 12.8 Å². The van der Waals surface area contributed by atoms with Gasteiger partial charge in [-0.05, 0) is 32.6 Å². The highest BCUT2D eigenvalue weighted by Gasteiger charge is 2.35. The van der Waals surface area contributed by atoms with Crippen LogP contribution in [0.1, 0.15) is 26.7 Å². The van der Waals surface area contributed by atoms with Crippen molar-refractivity contribution in [2.24, 2.45) is 11.8 Å². The lowest BCUT2D eigenvalue weighted by Crippen LogP contribution is -2.44. The molecule has 2 unspecified atom stereocenters. The number of carbonyl (C=O) groups is 1. The summed E-state index contributed by atoms with van der Waals surface area (Å²) in [7, 11) is 1.62. The van der Waals surface area contributed by atoms with Crippen LogP contribution in [0.2, 0.25) is 0 Å². The first-order valence-electron chi connectivity index (χ1n) is 5.80. The summed E-state index contributed by atoms with van der Waals surface area (Å²) >= 11 is 0. The smallest absolute Gasteiger partial charge is 0.239 e. The van der Waals surface area contributed by atoms with Crippen LogP contribution in [0.15, 0.2) is 0 Å². The summed E-state index contributed by atoms with van der Waals surface area (Å²) in [6.45, 7) is 4.83. The highest BCUT2D eigenvalue weighted by Crippen LogP contribution is 2.35. The molecule has 0 heterocycles. The molecule has 16 heavy (non-hydrogen) atoms. The number of methoxy groups -OCH3 is 1. The predicted octanol–water partition coefficient (Wildman–Crippen LogP) is 1.42. The third kappa shape index (κ3) is 3.21. The molecule has 1 aliphatic carbocycles. The van der Waals surface area contributed by atoms with Crippen LogP contribution in [0.5, 0.6) is 0 Å². The Morgan fingerprint density at radius 2 is 2.19 bits per heavy atom. The standard InChI is InChI=1S/C12H20N2O2/c1-9(8-13)12(15)14(6-7-16-3)10(2)11-4-5-11/h9-11H,4-7H2,1-3H3. The fourth-order valence-corrected chi connectivity index (χ4v) is 1.84. The highest BCUT2D eigenvalue weighted by atomic mass is 16.5. The zero-order chi connectivity index (χ0) is 12.1. The van der Waals surface area contributed by atoms with Gasteiger partial charge in [0.05, 0.1) is 12.7 Å². The minimum atomic E-state index is -0.557. The van der Waals surface area contributed by atoms with Crippen LogP contribution in [0, 0.1) is 23.2 Å². The first-order valence-corrected chi connectivity index (χ1v) is 5.80. The Bertz CT molecular complexity index is 281. The van der Waals surface area contributed by atoms with Crippen molar-refractivity contribution in [1.82, 2.24) is 4.90 Å². The topological polar surface area (TPSA) is 53.3 Å². The maximum atomic E-state index is 12.0. The summed E-state index contributed by atoms with van der Waals surface area (Å²) in [6.07, 6.45) is 2.39. The van der Waals surface area contributed by atoms with E-state index in [4.69, 9.17) is 10.00 Å². The molecule has 4 nitrogen and oxygen atoms in total. The zero-order valence-electron chi connectivity index (χ0n) is 10.3. The molecule has 0 radical (unpaired) electrons. The molecule has 0 saturated heterocycles. The molecule has 1 rings (SSSR count). The molecule has 0 spiro atoms. The molecule has 1 amide bonds. The molecule has 0 aromatic rings. The molecule has 4 heteroatoms. The number of nitriles is 1. The van der Waals surface area contributed by atoms with Gasteiger partial charge < -0.3 is 9.64 Å². The van der Waals surface area contributed by atoms with Crippen LogP contribution < -0.4 is 0 Å². The predicted molar refractivity (Wildman–Crippen MR) is 60.6 cm³/mol.